The molecule has 1 fully saturated rings. The Morgan fingerprint density at radius 3 is 2.16 bits per heavy atom. The summed E-state index contributed by atoms with van der Waals surface area (Å²) in [5, 5.41) is 3.57. The van der Waals surface area contributed by atoms with Crippen molar-refractivity contribution in [3.63, 3.8) is 0 Å². The van der Waals surface area contributed by atoms with Gasteiger partial charge in [-0.2, -0.15) is 0 Å². The Labute approximate surface area is 185 Å². The van der Waals surface area contributed by atoms with E-state index in [4.69, 9.17) is 28.4 Å². The normalized spacial score (nSPS) is 20.4. The first kappa shape index (κ1) is 25.2. The molecule has 1 N–H and O–H groups in total. The summed E-state index contributed by atoms with van der Waals surface area (Å²) in [6.45, 7) is 4.21. The minimum atomic E-state index is -0.818. The number of hydrogen-bond acceptors (Lipinski definition) is 8. The first-order valence-electron chi connectivity index (χ1n) is 10.7. The monoisotopic (exact) mass is 439 g/mol. The van der Waals surface area contributed by atoms with E-state index in [-0.39, 0.29) is 24.0 Å². The topological polar surface area (TPSA) is 84.5 Å². The standard InChI is InChI=1S/C23H37NO7/c1-15(2)31-20(25)13-17-9-8-10-23(29-6,30-7)22(17)24-14-16-11-18(26-3)21(28-5)19(12-16)27-4/h11-12,15,17,22,24H,8-10,13-14H2,1-7H3/t17-,22+/m1/s1. The summed E-state index contributed by atoms with van der Waals surface area (Å²) in [4.78, 5) is 12.4. The van der Waals surface area contributed by atoms with Crippen LogP contribution < -0.4 is 19.5 Å². The van der Waals surface area contributed by atoms with E-state index in [9.17, 15) is 4.79 Å². The molecule has 0 aliphatic heterocycles. The summed E-state index contributed by atoms with van der Waals surface area (Å²) < 4.78 is 33.4. The lowest BCUT2D eigenvalue weighted by atomic mass is 9.78. The van der Waals surface area contributed by atoms with Crippen LogP contribution in [0.2, 0.25) is 0 Å². The highest BCUT2D eigenvalue weighted by atomic mass is 16.7. The lowest BCUT2D eigenvalue weighted by Gasteiger charge is -2.46. The zero-order valence-electron chi connectivity index (χ0n) is 19.8. The van der Waals surface area contributed by atoms with Crippen molar-refractivity contribution in [2.24, 2.45) is 5.92 Å². The number of carbonyl (C=O) groups is 1. The molecule has 1 aliphatic carbocycles. The second-order valence-electron chi connectivity index (χ2n) is 8.01. The number of benzene rings is 1. The smallest absolute Gasteiger partial charge is 0.306 e. The number of carbonyl (C=O) groups excluding carboxylic acids is 1. The molecule has 0 amide bonds. The summed E-state index contributed by atoms with van der Waals surface area (Å²) in [5.41, 5.74) is 0.949. The second-order valence-corrected chi connectivity index (χ2v) is 8.01. The molecule has 8 heteroatoms. The second kappa shape index (κ2) is 11.5. The minimum Gasteiger partial charge on any atom is -0.493 e. The molecule has 0 spiro atoms. The largest absolute Gasteiger partial charge is 0.493 e. The van der Waals surface area contributed by atoms with Crippen LogP contribution in [0.3, 0.4) is 0 Å². The minimum absolute atomic E-state index is 0.0157. The third kappa shape index (κ3) is 6.02. The maximum atomic E-state index is 12.4. The van der Waals surface area contributed by atoms with Crippen molar-refractivity contribution in [1.29, 1.82) is 0 Å². The lowest BCUT2D eigenvalue weighted by Crippen LogP contribution is -2.59. The van der Waals surface area contributed by atoms with Crippen LogP contribution in [-0.4, -0.2) is 59.5 Å². The summed E-state index contributed by atoms with van der Waals surface area (Å²) in [6.07, 6.45) is 2.69. The number of hydrogen-bond donors (Lipinski definition) is 1. The first-order chi connectivity index (χ1) is 14.8. The van der Waals surface area contributed by atoms with E-state index >= 15 is 0 Å². The highest BCUT2D eigenvalue weighted by Gasteiger charge is 2.47. The van der Waals surface area contributed by atoms with E-state index in [0.29, 0.717) is 30.2 Å². The van der Waals surface area contributed by atoms with Crippen LogP contribution in [0.4, 0.5) is 0 Å². The maximum Gasteiger partial charge on any atom is 0.306 e. The number of nitrogens with one attached hydrogen (secondary N) is 1. The average molecular weight is 440 g/mol. The molecule has 0 heterocycles. The van der Waals surface area contributed by atoms with Crippen molar-refractivity contribution in [1.82, 2.24) is 5.32 Å². The van der Waals surface area contributed by atoms with Crippen molar-refractivity contribution < 1.29 is 33.2 Å². The zero-order chi connectivity index (χ0) is 23.0. The van der Waals surface area contributed by atoms with Gasteiger partial charge in [0.1, 0.15) is 0 Å². The highest BCUT2D eigenvalue weighted by molar-refractivity contribution is 5.70. The van der Waals surface area contributed by atoms with Gasteiger partial charge >= 0.3 is 5.97 Å². The van der Waals surface area contributed by atoms with Crippen molar-refractivity contribution in [3.8, 4) is 17.2 Å². The SMILES string of the molecule is COc1cc(CN[C@H]2[C@@H](CC(=O)OC(C)C)CCCC2(OC)OC)cc(OC)c1OC. The Kier molecular flexibility index (Phi) is 9.40. The Bertz CT molecular complexity index is 693. The molecule has 1 saturated carbocycles. The van der Waals surface area contributed by atoms with Gasteiger partial charge in [-0.25, -0.2) is 0 Å². The lowest BCUT2D eigenvalue weighted by molar-refractivity contribution is -0.249. The van der Waals surface area contributed by atoms with Crippen LogP contribution in [0.1, 0.15) is 45.1 Å². The highest BCUT2D eigenvalue weighted by Crippen LogP contribution is 2.40. The van der Waals surface area contributed by atoms with Crippen LogP contribution in [0.25, 0.3) is 0 Å². The molecule has 2 atom stereocenters. The summed E-state index contributed by atoms with van der Waals surface area (Å²) in [6, 6.07) is 3.61. The molecule has 0 aromatic heterocycles. The molecule has 0 saturated heterocycles. The summed E-state index contributed by atoms with van der Waals surface area (Å²) in [5.74, 6) is 0.711. The van der Waals surface area contributed by atoms with Gasteiger partial charge < -0.3 is 33.7 Å². The van der Waals surface area contributed by atoms with Crippen LogP contribution in [-0.2, 0) is 25.5 Å². The fraction of sp³-hybridized carbons (Fsp3) is 0.696. The molecule has 2 rings (SSSR count). The molecule has 176 valence electrons. The molecule has 8 nitrogen and oxygen atoms in total. The van der Waals surface area contributed by atoms with E-state index in [1.165, 1.54) is 0 Å². The van der Waals surface area contributed by atoms with Crippen LogP contribution in [0, 0.1) is 5.92 Å². The van der Waals surface area contributed by atoms with Gasteiger partial charge in [0.2, 0.25) is 5.75 Å². The Morgan fingerprint density at radius 1 is 1.06 bits per heavy atom. The van der Waals surface area contributed by atoms with Gasteiger partial charge in [0.05, 0.1) is 39.9 Å². The van der Waals surface area contributed by atoms with Crippen molar-refractivity contribution in [2.75, 3.05) is 35.5 Å². The average Bonchev–Trinajstić information content (AvgIpc) is 2.76. The fourth-order valence-electron chi connectivity index (χ4n) is 4.37. The van der Waals surface area contributed by atoms with Crippen LogP contribution >= 0.6 is 0 Å². The number of methoxy groups -OCH3 is 5. The molecule has 0 bridgehead atoms. The zero-order valence-corrected chi connectivity index (χ0v) is 19.8. The van der Waals surface area contributed by atoms with Crippen molar-refractivity contribution in [2.45, 2.75) is 64.0 Å². The molecular formula is C23H37NO7. The predicted octanol–water partition coefficient (Wildman–Crippen LogP) is 3.30. The quantitative estimate of drug-likeness (QED) is 0.415. The molecule has 1 aromatic carbocycles. The van der Waals surface area contributed by atoms with Gasteiger partial charge in [0.15, 0.2) is 17.3 Å². The molecule has 0 unspecified atom stereocenters. The van der Waals surface area contributed by atoms with Gasteiger partial charge in [0, 0.05) is 27.2 Å². The number of rotatable bonds is 11. The summed E-state index contributed by atoms with van der Waals surface area (Å²) >= 11 is 0. The molecule has 0 radical (unpaired) electrons. The number of esters is 1. The molecular weight excluding hydrogens is 402 g/mol. The van der Waals surface area contributed by atoms with Gasteiger partial charge in [-0.05, 0) is 50.3 Å². The van der Waals surface area contributed by atoms with Gasteiger partial charge in [0.25, 0.3) is 0 Å². The van der Waals surface area contributed by atoms with E-state index in [0.717, 1.165) is 24.8 Å². The van der Waals surface area contributed by atoms with Crippen molar-refractivity contribution in [3.05, 3.63) is 17.7 Å². The third-order valence-corrected chi connectivity index (χ3v) is 5.78. The van der Waals surface area contributed by atoms with E-state index < -0.39 is 5.79 Å². The molecule has 1 aromatic rings. The Balaban J connectivity index is 2.26. The molecule has 31 heavy (non-hydrogen) atoms. The van der Waals surface area contributed by atoms with Gasteiger partial charge in [-0.1, -0.05) is 0 Å². The predicted molar refractivity (Wildman–Crippen MR) is 117 cm³/mol. The first-order valence-corrected chi connectivity index (χ1v) is 10.7. The van der Waals surface area contributed by atoms with Crippen LogP contribution in [0.5, 0.6) is 17.2 Å². The Morgan fingerprint density at radius 2 is 1.68 bits per heavy atom. The van der Waals surface area contributed by atoms with Crippen molar-refractivity contribution >= 4 is 5.97 Å². The van der Waals surface area contributed by atoms with E-state index in [1.807, 2.05) is 26.0 Å². The fourth-order valence-corrected chi connectivity index (χ4v) is 4.37. The Hall–Kier alpha value is -2.03. The van der Waals surface area contributed by atoms with Crippen LogP contribution in [0.15, 0.2) is 12.1 Å². The maximum absolute atomic E-state index is 12.4. The number of ether oxygens (including phenoxy) is 6. The van der Waals surface area contributed by atoms with Gasteiger partial charge in [-0.3, -0.25) is 4.79 Å². The molecule has 1 aliphatic rings. The summed E-state index contributed by atoms with van der Waals surface area (Å²) in [7, 11) is 8.05. The van der Waals surface area contributed by atoms with Gasteiger partial charge in [-0.15, -0.1) is 0 Å². The van der Waals surface area contributed by atoms with E-state index in [1.54, 1.807) is 35.5 Å². The van der Waals surface area contributed by atoms with E-state index in [2.05, 4.69) is 5.32 Å². The third-order valence-electron chi connectivity index (χ3n) is 5.78.